The Balaban J connectivity index is 0.00000104. The monoisotopic (exact) mass is 864 g/mol. The molecule has 10 rings (SSSR count). The SMILES string of the molecule is C=C/C(c1nc(-c2nccc3c2C=CCC3)nc(-c2nccc3c2CC#CC/C=C\3)n1)=c1/cccc/c1=C(\c1nc2ccccc2c2c1ccc1ccccc12)C(C)CC.CC.CC.CC. The molecule has 6 heteroatoms. The van der Waals surface area contributed by atoms with Crippen LogP contribution in [0.15, 0.2) is 134 Å². The van der Waals surface area contributed by atoms with Gasteiger partial charge in [0.1, 0.15) is 11.4 Å². The molecule has 0 amide bonds. The molecule has 2 aliphatic carbocycles. The van der Waals surface area contributed by atoms with E-state index in [1.165, 1.54) is 21.7 Å². The average Bonchev–Trinajstić information content (AvgIpc) is 3.38. The van der Waals surface area contributed by atoms with Gasteiger partial charge in [-0.15, -0.1) is 0 Å². The van der Waals surface area contributed by atoms with E-state index in [4.69, 9.17) is 29.9 Å². The van der Waals surface area contributed by atoms with Crippen molar-refractivity contribution in [3.8, 4) is 34.9 Å². The van der Waals surface area contributed by atoms with E-state index in [0.29, 0.717) is 36.0 Å². The number of fused-ring (bicyclic) bond motifs is 7. The molecule has 0 spiro atoms. The molecule has 0 N–H and O–H groups in total. The summed E-state index contributed by atoms with van der Waals surface area (Å²) in [6.07, 6.45) is 18.2. The van der Waals surface area contributed by atoms with Crippen LogP contribution >= 0.6 is 0 Å². The maximum atomic E-state index is 5.51. The Morgan fingerprint density at radius 3 is 2.17 bits per heavy atom. The van der Waals surface area contributed by atoms with Crippen LogP contribution in [0.2, 0.25) is 0 Å². The standard InChI is InChI=1S/C54H42N6.3C2H6/c1-4-34(3)47(49-45-29-28-35-19-10-12-21-39(35)48(45)44-26-16-17-27-46(44)57-49)43-25-15-14-24-42(43)38(5-2)52-58-53(50-40-22-9-7-6-8-18-36(40)30-32-55-50)60-54(59-52)51-41-23-13-11-20-37(41)31-33-56-51;3*1-2/h5,8,10,12-19,21,23-34H,2,4,6,11,20,22H2,1,3H3;3*1-2H3/b18-8-,42-38+,47-43+;;;. The molecule has 0 saturated carbocycles. The highest BCUT2D eigenvalue weighted by Gasteiger charge is 2.23. The van der Waals surface area contributed by atoms with Crippen LogP contribution in [-0.4, -0.2) is 29.9 Å². The third-order valence-electron chi connectivity index (χ3n) is 11.9. The lowest BCUT2D eigenvalue weighted by Gasteiger charge is -2.19. The van der Waals surface area contributed by atoms with Gasteiger partial charge in [0.2, 0.25) is 0 Å². The second kappa shape index (κ2) is 22.0. The summed E-state index contributed by atoms with van der Waals surface area (Å²) in [7, 11) is 0. The fraction of sp³-hybridized carbons (Fsp3) is 0.233. The molecule has 4 aromatic heterocycles. The highest BCUT2D eigenvalue weighted by Crippen LogP contribution is 2.37. The van der Waals surface area contributed by atoms with E-state index in [-0.39, 0.29) is 5.92 Å². The molecular weight excluding hydrogens is 805 g/mol. The zero-order valence-electron chi connectivity index (χ0n) is 39.8. The van der Waals surface area contributed by atoms with Gasteiger partial charge in [-0.1, -0.05) is 183 Å². The van der Waals surface area contributed by atoms with Gasteiger partial charge < -0.3 is 0 Å². The normalized spacial score (nSPS) is 14.1. The van der Waals surface area contributed by atoms with Crippen molar-refractivity contribution in [1.29, 1.82) is 0 Å². The van der Waals surface area contributed by atoms with Crippen molar-refractivity contribution >= 4 is 55.7 Å². The molecule has 330 valence electrons. The van der Waals surface area contributed by atoms with E-state index in [1.54, 1.807) is 0 Å². The number of rotatable bonds is 7. The van der Waals surface area contributed by atoms with E-state index in [2.05, 4.69) is 148 Å². The summed E-state index contributed by atoms with van der Waals surface area (Å²) in [6, 6.07) is 34.3. The highest BCUT2D eigenvalue weighted by molar-refractivity contribution is 6.21. The molecule has 0 bridgehead atoms. The third kappa shape index (κ3) is 9.12. The number of hydrogen-bond donors (Lipinski definition) is 0. The van der Waals surface area contributed by atoms with Gasteiger partial charge in [-0.3, -0.25) is 9.97 Å². The van der Waals surface area contributed by atoms with Crippen LogP contribution in [0.25, 0.3) is 78.8 Å². The summed E-state index contributed by atoms with van der Waals surface area (Å²) in [5, 5.41) is 7.92. The lowest BCUT2D eigenvalue weighted by Crippen LogP contribution is -2.32. The van der Waals surface area contributed by atoms with Gasteiger partial charge in [-0.05, 0) is 81.3 Å². The molecule has 1 atom stereocenters. The fourth-order valence-corrected chi connectivity index (χ4v) is 8.79. The molecule has 8 aromatic rings. The summed E-state index contributed by atoms with van der Waals surface area (Å²) >= 11 is 0. The van der Waals surface area contributed by atoms with Crippen molar-refractivity contribution in [1.82, 2.24) is 29.9 Å². The van der Waals surface area contributed by atoms with Crippen LogP contribution in [-0.2, 0) is 12.8 Å². The van der Waals surface area contributed by atoms with Crippen molar-refractivity contribution in [2.24, 2.45) is 5.92 Å². The zero-order chi connectivity index (χ0) is 46.6. The molecule has 2 aliphatic rings. The first kappa shape index (κ1) is 46.6. The predicted molar refractivity (Wildman–Crippen MR) is 280 cm³/mol. The molecule has 6 nitrogen and oxygen atoms in total. The van der Waals surface area contributed by atoms with Gasteiger partial charge in [0.05, 0.1) is 11.2 Å². The summed E-state index contributed by atoms with van der Waals surface area (Å²) in [5.74, 6) is 8.19. The minimum absolute atomic E-state index is 0.152. The van der Waals surface area contributed by atoms with Crippen molar-refractivity contribution in [2.75, 3.05) is 0 Å². The summed E-state index contributed by atoms with van der Waals surface area (Å²) in [5.41, 5.74) is 9.59. The van der Waals surface area contributed by atoms with Crippen LogP contribution in [0.4, 0.5) is 0 Å². The molecule has 1 unspecified atom stereocenters. The fourth-order valence-electron chi connectivity index (χ4n) is 8.79. The molecule has 66 heavy (non-hydrogen) atoms. The highest BCUT2D eigenvalue weighted by atomic mass is 15.1. The minimum Gasteiger partial charge on any atom is -0.253 e. The maximum Gasteiger partial charge on any atom is 0.183 e. The number of benzene rings is 4. The predicted octanol–water partition coefficient (Wildman–Crippen LogP) is 13.5. The third-order valence-corrected chi connectivity index (χ3v) is 11.9. The molecule has 4 aromatic carbocycles. The van der Waals surface area contributed by atoms with E-state index < -0.39 is 0 Å². The molecule has 0 radical (unpaired) electrons. The largest absolute Gasteiger partial charge is 0.253 e. The molecule has 0 aliphatic heterocycles. The zero-order valence-corrected chi connectivity index (χ0v) is 39.8. The van der Waals surface area contributed by atoms with Crippen LogP contribution in [0, 0.1) is 17.8 Å². The Bertz CT molecular complexity index is 3290. The number of nitrogens with zero attached hydrogens (tertiary/aromatic N) is 6. The van der Waals surface area contributed by atoms with Crippen molar-refractivity contribution in [3.63, 3.8) is 0 Å². The maximum absolute atomic E-state index is 5.51. The molecular formula is C60H60N6. The number of aryl methyl sites for hydroxylation is 1. The minimum atomic E-state index is 0.152. The lowest BCUT2D eigenvalue weighted by molar-refractivity contribution is 0.712. The number of pyridine rings is 3. The van der Waals surface area contributed by atoms with Crippen molar-refractivity contribution in [2.45, 2.75) is 87.5 Å². The Morgan fingerprint density at radius 1 is 0.682 bits per heavy atom. The first-order chi connectivity index (χ1) is 32.6. The van der Waals surface area contributed by atoms with Crippen molar-refractivity contribution < 1.29 is 0 Å². The number of hydrogen-bond acceptors (Lipinski definition) is 6. The van der Waals surface area contributed by atoms with Gasteiger partial charge in [0, 0.05) is 58.1 Å². The lowest BCUT2D eigenvalue weighted by atomic mass is 9.87. The first-order valence-electron chi connectivity index (χ1n) is 23.8. The quantitative estimate of drug-likeness (QED) is 0.117. The number of para-hydroxylation sites is 1. The van der Waals surface area contributed by atoms with Gasteiger partial charge >= 0.3 is 0 Å². The summed E-state index contributed by atoms with van der Waals surface area (Å²) < 4.78 is 0. The van der Waals surface area contributed by atoms with E-state index in [0.717, 1.165) is 85.2 Å². The Labute approximate surface area is 390 Å². The van der Waals surface area contributed by atoms with Gasteiger partial charge in [0.15, 0.2) is 17.5 Å². The van der Waals surface area contributed by atoms with E-state index >= 15 is 0 Å². The van der Waals surface area contributed by atoms with Gasteiger partial charge in [0.25, 0.3) is 0 Å². The van der Waals surface area contributed by atoms with E-state index in [9.17, 15) is 0 Å². The van der Waals surface area contributed by atoms with Crippen LogP contribution in [0.3, 0.4) is 0 Å². The van der Waals surface area contributed by atoms with Gasteiger partial charge in [-0.2, -0.15) is 0 Å². The number of allylic oxidation sites excluding steroid dienone is 3. The van der Waals surface area contributed by atoms with E-state index in [1.807, 2.05) is 66.1 Å². The van der Waals surface area contributed by atoms with Crippen LogP contribution < -0.4 is 10.4 Å². The second-order valence-electron chi connectivity index (χ2n) is 15.4. The molecule has 0 saturated heterocycles. The number of aromatic nitrogens is 6. The summed E-state index contributed by atoms with van der Waals surface area (Å²) in [4.78, 5) is 31.0. The summed E-state index contributed by atoms with van der Waals surface area (Å²) in [6.45, 7) is 21.0. The smallest absolute Gasteiger partial charge is 0.183 e. The second-order valence-corrected chi connectivity index (χ2v) is 15.4. The first-order valence-corrected chi connectivity index (χ1v) is 23.8. The van der Waals surface area contributed by atoms with Crippen molar-refractivity contribution in [3.05, 3.63) is 178 Å². The topological polar surface area (TPSA) is 77.3 Å². The molecule has 0 fully saturated rings. The average molecular weight is 865 g/mol. The Kier molecular flexibility index (Phi) is 15.6. The van der Waals surface area contributed by atoms with Crippen LogP contribution in [0.1, 0.15) is 108 Å². The van der Waals surface area contributed by atoms with Gasteiger partial charge in [-0.25, -0.2) is 19.9 Å². The molecule has 4 heterocycles. The van der Waals surface area contributed by atoms with Crippen LogP contribution in [0.5, 0.6) is 0 Å². The Hall–Kier alpha value is -7.36. The Morgan fingerprint density at radius 2 is 1.38 bits per heavy atom.